The Morgan fingerprint density at radius 2 is 1.71 bits per heavy atom. The van der Waals surface area contributed by atoms with E-state index in [1.165, 1.54) is 0 Å². The van der Waals surface area contributed by atoms with Gasteiger partial charge in [0.05, 0.1) is 16.9 Å². The SMILES string of the molecule is CCNC(=O)NC(=O)C(OC(=O)c1ccc(-n2nc(C)cc2C)cc1)c1ccccc1. The standard InChI is InChI=1S/C23H24N4O4/c1-4-24-23(30)25-21(28)20(17-8-6-5-7-9-17)31-22(29)18-10-12-19(13-11-18)27-16(3)14-15(2)26-27/h5-14,20H,4H2,1-3H3,(H2,24,25,28,30). The maximum atomic E-state index is 12.7. The lowest BCUT2D eigenvalue weighted by Crippen LogP contribution is -2.42. The number of hydrogen-bond acceptors (Lipinski definition) is 5. The number of rotatable bonds is 6. The van der Waals surface area contributed by atoms with Gasteiger partial charge in [-0.3, -0.25) is 10.1 Å². The molecule has 1 atom stereocenters. The third-order valence-corrected chi connectivity index (χ3v) is 4.50. The Hall–Kier alpha value is -3.94. The zero-order chi connectivity index (χ0) is 22.4. The van der Waals surface area contributed by atoms with Crippen LogP contribution >= 0.6 is 0 Å². The molecule has 0 saturated carbocycles. The highest BCUT2D eigenvalue weighted by atomic mass is 16.5. The lowest BCUT2D eigenvalue weighted by Gasteiger charge is -2.18. The van der Waals surface area contributed by atoms with Crippen molar-refractivity contribution in [2.24, 2.45) is 0 Å². The van der Waals surface area contributed by atoms with Crippen LogP contribution in [0.4, 0.5) is 4.79 Å². The molecule has 8 heteroatoms. The van der Waals surface area contributed by atoms with Gasteiger partial charge in [-0.2, -0.15) is 5.10 Å². The van der Waals surface area contributed by atoms with Crippen LogP contribution in [0.3, 0.4) is 0 Å². The number of urea groups is 1. The molecule has 0 bridgehead atoms. The van der Waals surface area contributed by atoms with Crippen molar-refractivity contribution in [3.8, 4) is 5.69 Å². The van der Waals surface area contributed by atoms with Crippen LogP contribution in [0.1, 0.15) is 40.3 Å². The van der Waals surface area contributed by atoms with Gasteiger partial charge in [0.1, 0.15) is 0 Å². The molecule has 3 rings (SSSR count). The highest BCUT2D eigenvalue weighted by Crippen LogP contribution is 2.21. The smallest absolute Gasteiger partial charge is 0.339 e. The average Bonchev–Trinajstić information content (AvgIpc) is 3.10. The third kappa shape index (κ3) is 5.36. The second-order valence-corrected chi connectivity index (χ2v) is 6.93. The molecule has 31 heavy (non-hydrogen) atoms. The van der Waals surface area contributed by atoms with E-state index in [9.17, 15) is 14.4 Å². The highest BCUT2D eigenvalue weighted by Gasteiger charge is 2.27. The second-order valence-electron chi connectivity index (χ2n) is 6.93. The fraction of sp³-hybridized carbons (Fsp3) is 0.217. The van der Waals surface area contributed by atoms with E-state index in [4.69, 9.17) is 4.74 Å². The quantitative estimate of drug-likeness (QED) is 0.596. The maximum absolute atomic E-state index is 12.7. The minimum absolute atomic E-state index is 0.275. The minimum atomic E-state index is -1.27. The van der Waals surface area contributed by atoms with Gasteiger partial charge in [0.15, 0.2) is 0 Å². The van der Waals surface area contributed by atoms with Gasteiger partial charge in [0.25, 0.3) is 5.91 Å². The zero-order valence-electron chi connectivity index (χ0n) is 17.6. The first-order chi connectivity index (χ1) is 14.9. The molecule has 1 aromatic heterocycles. The molecule has 2 N–H and O–H groups in total. The van der Waals surface area contributed by atoms with Gasteiger partial charge in [-0.15, -0.1) is 0 Å². The van der Waals surface area contributed by atoms with Crippen LogP contribution in [0, 0.1) is 13.8 Å². The molecule has 3 amide bonds. The number of aromatic nitrogens is 2. The molecule has 0 aliphatic rings. The Labute approximate surface area is 180 Å². The van der Waals surface area contributed by atoms with Gasteiger partial charge in [-0.1, -0.05) is 30.3 Å². The van der Waals surface area contributed by atoms with Crippen molar-refractivity contribution < 1.29 is 19.1 Å². The minimum Gasteiger partial charge on any atom is -0.444 e. The van der Waals surface area contributed by atoms with Gasteiger partial charge in [-0.25, -0.2) is 14.3 Å². The van der Waals surface area contributed by atoms with E-state index >= 15 is 0 Å². The number of aryl methyl sites for hydroxylation is 2. The van der Waals surface area contributed by atoms with Crippen LogP contribution in [0.5, 0.6) is 0 Å². The van der Waals surface area contributed by atoms with E-state index in [1.807, 2.05) is 19.9 Å². The summed E-state index contributed by atoms with van der Waals surface area (Å²) in [7, 11) is 0. The van der Waals surface area contributed by atoms with Crippen molar-refractivity contribution in [1.82, 2.24) is 20.4 Å². The monoisotopic (exact) mass is 420 g/mol. The molecule has 0 aliphatic carbocycles. The summed E-state index contributed by atoms with van der Waals surface area (Å²) < 4.78 is 7.26. The van der Waals surface area contributed by atoms with Crippen molar-refractivity contribution in [2.75, 3.05) is 6.54 Å². The number of ether oxygens (including phenoxy) is 1. The van der Waals surface area contributed by atoms with Crippen LogP contribution < -0.4 is 10.6 Å². The van der Waals surface area contributed by atoms with E-state index < -0.39 is 24.0 Å². The van der Waals surface area contributed by atoms with Crippen LogP contribution in [0.25, 0.3) is 5.69 Å². The Morgan fingerprint density at radius 3 is 2.29 bits per heavy atom. The fourth-order valence-corrected chi connectivity index (χ4v) is 3.09. The molecule has 1 heterocycles. The van der Waals surface area contributed by atoms with Gasteiger partial charge in [0.2, 0.25) is 6.10 Å². The molecule has 8 nitrogen and oxygen atoms in total. The molecule has 0 fully saturated rings. The van der Waals surface area contributed by atoms with E-state index in [1.54, 1.807) is 66.2 Å². The first-order valence-corrected chi connectivity index (χ1v) is 9.87. The van der Waals surface area contributed by atoms with Crippen LogP contribution in [0.2, 0.25) is 0 Å². The number of nitrogens with one attached hydrogen (secondary N) is 2. The van der Waals surface area contributed by atoms with Crippen molar-refractivity contribution in [2.45, 2.75) is 26.9 Å². The number of benzene rings is 2. The summed E-state index contributed by atoms with van der Waals surface area (Å²) in [5, 5.41) is 9.09. The van der Waals surface area contributed by atoms with Gasteiger partial charge in [-0.05, 0) is 51.1 Å². The number of nitrogens with zero attached hydrogens (tertiary/aromatic N) is 2. The topological polar surface area (TPSA) is 102 Å². The van der Waals surface area contributed by atoms with Gasteiger partial charge >= 0.3 is 12.0 Å². The highest BCUT2D eigenvalue weighted by molar-refractivity contribution is 5.99. The van der Waals surface area contributed by atoms with Crippen molar-refractivity contribution in [1.29, 1.82) is 0 Å². The molecule has 2 aromatic carbocycles. The van der Waals surface area contributed by atoms with E-state index in [-0.39, 0.29) is 5.56 Å². The molecular weight excluding hydrogens is 396 g/mol. The Bertz CT molecular complexity index is 1070. The molecule has 0 spiro atoms. The first-order valence-electron chi connectivity index (χ1n) is 9.87. The number of carbonyl (C=O) groups excluding carboxylic acids is 3. The number of carbonyl (C=O) groups is 3. The van der Waals surface area contributed by atoms with Crippen molar-refractivity contribution >= 4 is 17.9 Å². The van der Waals surface area contributed by atoms with Crippen LogP contribution in [0.15, 0.2) is 60.7 Å². The van der Waals surface area contributed by atoms with Crippen molar-refractivity contribution in [3.05, 3.63) is 83.2 Å². The molecule has 0 saturated heterocycles. The molecule has 0 aliphatic heterocycles. The number of imide groups is 1. The van der Waals surface area contributed by atoms with E-state index in [0.717, 1.165) is 17.1 Å². The van der Waals surface area contributed by atoms with Gasteiger partial charge in [0, 0.05) is 17.8 Å². The number of esters is 1. The molecule has 160 valence electrons. The Kier molecular flexibility index (Phi) is 6.81. The summed E-state index contributed by atoms with van der Waals surface area (Å²) >= 11 is 0. The van der Waals surface area contributed by atoms with Crippen molar-refractivity contribution in [3.63, 3.8) is 0 Å². The second kappa shape index (κ2) is 9.71. The molecule has 3 aromatic rings. The summed E-state index contributed by atoms with van der Waals surface area (Å²) in [4.78, 5) is 37.1. The van der Waals surface area contributed by atoms with Crippen LogP contribution in [-0.4, -0.2) is 34.2 Å². The summed E-state index contributed by atoms with van der Waals surface area (Å²) in [5.74, 6) is -1.41. The fourth-order valence-electron chi connectivity index (χ4n) is 3.09. The number of hydrogen-bond donors (Lipinski definition) is 2. The lowest BCUT2D eigenvalue weighted by molar-refractivity contribution is -0.129. The maximum Gasteiger partial charge on any atom is 0.339 e. The molecule has 0 radical (unpaired) electrons. The first kappa shape index (κ1) is 21.8. The molecular formula is C23H24N4O4. The number of amides is 3. The summed E-state index contributed by atoms with van der Waals surface area (Å²) in [5.41, 5.74) is 3.40. The third-order valence-electron chi connectivity index (χ3n) is 4.50. The van der Waals surface area contributed by atoms with Crippen LogP contribution in [-0.2, 0) is 9.53 Å². The summed E-state index contributed by atoms with van der Waals surface area (Å²) in [6.45, 7) is 5.94. The average molecular weight is 420 g/mol. The van der Waals surface area contributed by atoms with Gasteiger partial charge < -0.3 is 10.1 Å². The largest absolute Gasteiger partial charge is 0.444 e. The summed E-state index contributed by atoms with van der Waals surface area (Å²) in [6, 6.07) is 16.6. The predicted molar refractivity (Wildman–Crippen MR) is 115 cm³/mol. The summed E-state index contributed by atoms with van der Waals surface area (Å²) in [6.07, 6.45) is -1.27. The zero-order valence-corrected chi connectivity index (χ0v) is 17.6. The normalized spacial score (nSPS) is 11.5. The Morgan fingerprint density at radius 1 is 1.03 bits per heavy atom. The Balaban J connectivity index is 1.79. The molecule has 1 unspecified atom stereocenters. The van der Waals surface area contributed by atoms with E-state index in [0.29, 0.717) is 12.1 Å². The lowest BCUT2D eigenvalue weighted by atomic mass is 10.1. The van der Waals surface area contributed by atoms with E-state index in [2.05, 4.69) is 15.7 Å². The predicted octanol–water partition coefficient (Wildman–Crippen LogP) is 3.23.